The van der Waals surface area contributed by atoms with Crippen molar-refractivity contribution in [1.82, 2.24) is 4.57 Å². The number of ether oxygens (including phenoxy) is 3. The zero-order valence-electron chi connectivity index (χ0n) is 19.6. The zero-order valence-corrected chi connectivity index (χ0v) is 22.0. The number of carbonyl (C=O) groups is 2. The third-order valence-corrected chi connectivity index (χ3v) is 7.10. The number of aromatic nitrogens is 1. The minimum absolute atomic E-state index is 0.189. The van der Waals surface area contributed by atoms with Crippen molar-refractivity contribution in [3.8, 4) is 11.5 Å². The van der Waals surface area contributed by atoms with Crippen molar-refractivity contribution in [2.45, 2.75) is 19.9 Å². The molecule has 186 valence electrons. The summed E-state index contributed by atoms with van der Waals surface area (Å²) in [4.78, 5) is 42.9. The molecular formula is C25H20Cl2N2O6S. The number of carbonyl (C=O) groups excluding carboxylic acids is 2. The van der Waals surface area contributed by atoms with Gasteiger partial charge in [0.25, 0.3) is 5.56 Å². The minimum atomic E-state index is -0.877. The summed E-state index contributed by atoms with van der Waals surface area (Å²) in [6, 6.07) is 8.98. The van der Waals surface area contributed by atoms with Crippen molar-refractivity contribution >= 4 is 52.6 Å². The number of methoxy groups -OCH3 is 2. The first-order valence-corrected chi connectivity index (χ1v) is 12.1. The molecule has 0 fully saturated rings. The number of nitrogens with zero attached hydrogens (tertiary/aromatic N) is 2. The van der Waals surface area contributed by atoms with Gasteiger partial charge in [0.1, 0.15) is 0 Å². The maximum Gasteiger partial charge on any atom is 0.338 e. The molecule has 0 unspecified atom stereocenters. The zero-order chi connectivity index (χ0) is 26.1. The van der Waals surface area contributed by atoms with Crippen molar-refractivity contribution < 1.29 is 23.8 Å². The van der Waals surface area contributed by atoms with Gasteiger partial charge < -0.3 is 14.2 Å². The number of hydrogen-bond acceptors (Lipinski definition) is 8. The molecule has 3 aromatic rings. The van der Waals surface area contributed by atoms with E-state index in [4.69, 9.17) is 37.4 Å². The van der Waals surface area contributed by atoms with Gasteiger partial charge in [-0.1, -0.05) is 46.7 Å². The Hall–Kier alpha value is -3.40. The Balaban J connectivity index is 1.99. The molecule has 11 heteroatoms. The maximum absolute atomic E-state index is 13.7. The second kappa shape index (κ2) is 10.3. The third-order valence-electron chi connectivity index (χ3n) is 5.46. The topological polar surface area (TPSA) is 96.2 Å². The van der Waals surface area contributed by atoms with Gasteiger partial charge in [0.05, 0.1) is 36.1 Å². The van der Waals surface area contributed by atoms with Crippen LogP contribution < -0.4 is 24.4 Å². The van der Waals surface area contributed by atoms with Crippen LogP contribution in [0.3, 0.4) is 0 Å². The van der Waals surface area contributed by atoms with Crippen LogP contribution in [0.25, 0.3) is 6.08 Å². The number of esters is 2. The Bertz CT molecular complexity index is 1590. The van der Waals surface area contributed by atoms with Gasteiger partial charge in [0.2, 0.25) is 0 Å². The highest BCUT2D eigenvalue weighted by Crippen LogP contribution is 2.36. The van der Waals surface area contributed by atoms with E-state index in [9.17, 15) is 14.4 Å². The van der Waals surface area contributed by atoms with Crippen LogP contribution in [0.15, 0.2) is 57.5 Å². The molecule has 0 bridgehead atoms. The molecule has 2 aromatic carbocycles. The quantitative estimate of drug-likeness (QED) is 0.358. The molecule has 0 saturated heterocycles. The number of halogens is 2. The summed E-state index contributed by atoms with van der Waals surface area (Å²) in [7, 11) is 2.68. The fourth-order valence-electron chi connectivity index (χ4n) is 3.88. The third kappa shape index (κ3) is 4.69. The summed E-state index contributed by atoms with van der Waals surface area (Å²) >= 11 is 13.8. The largest absolute Gasteiger partial charge is 0.493 e. The van der Waals surface area contributed by atoms with E-state index in [0.29, 0.717) is 36.2 Å². The van der Waals surface area contributed by atoms with Gasteiger partial charge in [0, 0.05) is 22.5 Å². The monoisotopic (exact) mass is 546 g/mol. The van der Waals surface area contributed by atoms with Crippen molar-refractivity contribution in [1.29, 1.82) is 0 Å². The van der Waals surface area contributed by atoms with Crippen molar-refractivity contribution in [3.05, 3.63) is 88.5 Å². The maximum atomic E-state index is 13.7. The lowest BCUT2D eigenvalue weighted by molar-refractivity contribution is -0.136. The van der Waals surface area contributed by atoms with Crippen molar-refractivity contribution in [3.63, 3.8) is 0 Å². The second-order valence-electron chi connectivity index (χ2n) is 7.71. The lowest BCUT2D eigenvalue weighted by atomic mass is 9.95. The summed E-state index contributed by atoms with van der Waals surface area (Å²) in [5.74, 6) is -0.688. The first-order valence-electron chi connectivity index (χ1n) is 10.6. The SMILES string of the molecule is COC(=O)C1=C(C)N=c2s/c(=C\c3c(Cl)cccc3Cl)c(=O)n2[C@H]1c1ccc(OC(C)=O)c(OC)c1. The summed E-state index contributed by atoms with van der Waals surface area (Å²) in [5.41, 5.74) is 1.23. The van der Waals surface area contributed by atoms with Crippen LogP contribution in [0.1, 0.15) is 31.0 Å². The average Bonchev–Trinajstić information content (AvgIpc) is 3.14. The van der Waals surface area contributed by atoms with Gasteiger partial charge in [-0.15, -0.1) is 0 Å². The Morgan fingerprint density at radius 3 is 2.42 bits per heavy atom. The predicted molar refractivity (Wildman–Crippen MR) is 137 cm³/mol. The van der Waals surface area contributed by atoms with E-state index in [2.05, 4.69) is 4.99 Å². The first-order chi connectivity index (χ1) is 17.2. The standard InChI is InChI=1S/C25H20Cl2N2O6S/c1-12-21(24(32)34-4)22(14-8-9-18(35-13(2)30)19(10-14)33-3)29-23(31)20(36-25(29)28-12)11-15-16(26)6-5-7-17(15)27/h5-11,22H,1-4H3/b20-11-/t22-/m0/s1. The molecule has 36 heavy (non-hydrogen) atoms. The number of benzene rings is 2. The van der Waals surface area contributed by atoms with Crippen LogP contribution in [-0.4, -0.2) is 30.7 Å². The minimum Gasteiger partial charge on any atom is -0.493 e. The Kier molecular flexibility index (Phi) is 7.35. The van der Waals surface area contributed by atoms with Crippen molar-refractivity contribution in [2.75, 3.05) is 14.2 Å². The Labute approximate surface area is 219 Å². The highest BCUT2D eigenvalue weighted by atomic mass is 35.5. The summed E-state index contributed by atoms with van der Waals surface area (Å²) in [5, 5.41) is 0.782. The molecule has 1 aliphatic heterocycles. The van der Waals surface area contributed by atoms with Crippen LogP contribution in [0.5, 0.6) is 11.5 Å². The normalized spacial score (nSPS) is 15.3. The number of allylic oxidation sites excluding steroid dienone is 1. The smallest absolute Gasteiger partial charge is 0.338 e. The molecule has 2 heterocycles. The molecule has 1 aliphatic rings. The number of fused-ring (bicyclic) bond motifs is 1. The number of rotatable bonds is 5. The molecule has 4 rings (SSSR count). The molecule has 0 saturated carbocycles. The van der Waals surface area contributed by atoms with Crippen LogP contribution in [0.2, 0.25) is 10.0 Å². The van der Waals surface area contributed by atoms with E-state index in [-0.39, 0.29) is 17.1 Å². The summed E-state index contributed by atoms with van der Waals surface area (Å²) < 4.78 is 17.4. The molecule has 8 nitrogen and oxygen atoms in total. The van der Waals surface area contributed by atoms with Gasteiger partial charge in [-0.05, 0) is 42.8 Å². The van der Waals surface area contributed by atoms with Gasteiger partial charge >= 0.3 is 11.9 Å². The first kappa shape index (κ1) is 25.7. The molecule has 0 amide bonds. The van der Waals surface area contributed by atoms with E-state index in [1.165, 1.54) is 25.7 Å². The van der Waals surface area contributed by atoms with E-state index in [1.54, 1.807) is 49.4 Å². The number of hydrogen-bond donors (Lipinski definition) is 0. The van der Waals surface area contributed by atoms with E-state index >= 15 is 0 Å². The van der Waals surface area contributed by atoms with Gasteiger partial charge in [-0.3, -0.25) is 14.2 Å². The molecule has 0 aliphatic carbocycles. The highest BCUT2D eigenvalue weighted by molar-refractivity contribution is 7.07. The van der Waals surface area contributed by atoms with Gasteiger partial charge in [-0.25, -0.2) is 9.79 Å². The molecule has 0 N–H and O–H groups in total. The summed E-state index contributed by atoms with van der Waals surface area (Å²) in [6.07, 6.45) is 1.60. The molecular weight excluding hydrogens is 527 g/mol. The molecule has 1 atom stereocenters. The van der Waals surface area contributed by atoms with Crippen molar-refractivity contribution in [2.24, 2.45) is 4.99 Å². The highest BCUT2D eigenvalue weighted by Gasteiger charge is 2.33. The van der Waals surface area contributed by atoms with E-state index in [0.717, 1.165) is 11.3 Å². The number of thiazole rings is 1. The second-order valence-corrected chi connectivity index (χ2v) is 9.54. The lowest BCUT2D eigenvalue weighted by Crippen LogP contribution is -2.39. The Morgan fingerprint density at radius 1 is 1.11 bits per heavy atom. The average molecular weight is 547 g/mol. The van der Waals surface area contributed by atoms with Gasteiger partial charge in [-0.2, -0.15) is 0 Å². The van der Waals surface area contributed by atoms with Gasteiger partial charge in [0.15, 0.2) is 16.3 Å². The van der Waals surface area contributed by atoms with Crippen LogP contribution in [-0.2, 0) is 14.3 Å². The molecule has 1 aromatic heterocycles. The Morgan fingerprint density at radius 2 is 1.81 bits per heavy atom. The van der Waals surface area contributed by atoms with Crippen LogP contribution >= 0.6 is 34.5 Å². The lowest BCUT2D eigenvalue weighted by Gasteiger charge is -2.25. The molecule has 0 radical (unpaired) electrons. The van der Waals surface area contributed by atoms with E-state index < -0.39 is 23.5 Å². The molecule has 0 spiro atoms. The fourth-order valence-corrected chi connectivity index (χ4v) is 5.42. The fraction of sp³-hybridized carbons (Fsp3) is 0.200. The van der Waals surface area contributed by atoms with Crippen LogP contribution in [0.4, 0.5) is 0 Å². The van der Waals surface area contributed by atoms with Crippen LogP contribution in [0, 0.1) is 0 Å². The predicted octanol–water partition coefficient (Wildman–Crippen LogP) is 3.65. The van der Waals surface area contributed by atoms with E-state index in [1.807, 2.05) is 0 Å². The summed E-state index contributed by atoms with van der Waals surface area (Å²) in [6.45, 7) is 2.95.